The molecule has 81 heavy (non-hydrogen) atoms. The molecule has 9 aromatic carbocycles. The van der Waals surface area contributed by atoms with Gasteiger partial charge in [-0.15, -0.1) is 23.6 Å². The van der Waals surface area contributed by atoms with E-state index in [-0.39, 0.29) is 37.3 Å². The zero-order chi connectivity index (χ0) is 55.6. The van der Waals surface area contributed by atoms with Crippen LogP contribution in [0.3, 0.4) is 0 Å². The van der Waals surface area contributed by atoms with Crippen LogP contribution < -0.4 is 34.6 Å². The fourth-order valence-electron chi connectivity index (χ4n) is 11.4. The molecule has 0 bridgehead atoms. The van der Waals surface area contributed by atoms with Crippen LogP contribution in [0.1, 0.15) is 84.6 Å². The quantitative estimate of drug-likeness (QED) is 0.0593. The molecule has 398 valence electrons. The largest absolute Gasteiger partial charge is 2.00 e. The van der Waals surface area contributed by atoms with Crippen molar-refractivity contribution in [3.05, 3.63) is 253 Å². The van der Waals surface area contributed by atoms with Gasteiger partial charge in [0.2, 0.25) is 5.69 Å². The summed E-state index contributed by atoms with van der Waals surface area (Å²) in [6, 6.07) is 89.9. The number of ether oxygens (including phenoxy) is 1. The summed E-state index contributed by atoms with van der Waals surface area (Å²) in [6.45, 7) is 20.3. The van der Waals surface area contributed by atoms with E-state index in [1.165, 1.54) is 31.9 Å². The molecule has 8 heteroatoms. The SMILES string of the molecule is CC(C)(C)c1cc([N+]2=C=[N+](c3[c-]c(Oc4[c-]c5c(cc4)c4cc(C#N)ccc4n5-c4cc(C(C)(C)C)ccn4)ccc3)c3cccc(-c4cccc([Si](c5ccccc5)(c5ccccc5)c5ccccc5)c4)c32)cc(C(C)(C)C)c1.[Pt+2]. The molecule has 2 aromatic heterocycles. The Bertz CT molecular complexity index is 4190. The van der Waals surface area contributed by atoms with Crippen LogP contribution in [-0.2, 0) is 37.3 Å². The van der Waals surface area contributed by atoms with Crippen LogP contribution in [0.25, 0.3) is 38.8 Å². The number of hydrogen-bond acceptors (Lipinski definition) is 3. The summed E-state index contributed by atoms with van der Waals surface area (Å²) in [7, 11) is -2.87. The van der Waals surface area contributed by atoms with Crippen LogP contribution in [0.2, 0.25) is 0 Å². The molecule has 0 radical (unpaired) electrons. The molecule has 0 saturated carbocycles. The number of rotatable bonds is 10. The molecule has 0 unspecified atom stereocenters. The van der Waals surface area contributed by atoms with Gasteiger partial charge in [0.15, 0.2) is 8.07 Å². The molecule has 12 rings (SSSR count). The molecule has 0 saturated heterocycles. The second-order valence-corrected chi connectivity index (χ2v) is 27.9. The Balaban J connectivity index is 0.00000690. The molecule has 1 aliphatic heterocycles. The van der Waals surface area contributed by atoms with Gasteiger partial charge < -0.3 is 9.30 Å². The molecule has 1 aliphatic rings. The smallest absolute Gasteiger partial charge is 0.509 e. The van der Waals surface area contributed by atoms with E-state index in [2.05, 4.69) is 276 Å². The van der Waals surface area contributed by atoms with Crippen molar-refractivity contribution in [3.8, 4) is 34.5 Å². The minimum Gasteiger partial charge on any atom is -0.509 e. The van der Waals surface area contributed by atoms with Gasteiger partial charge in [-0.25, -0.2) is 4.98 Å². The fraction of sp³-hybridized carbons (Fsp3) is 0.164. The summed E-state index contributed by atoms with van der Waals surface area (Å²) < 4.78 is 13.3. The number of aromatic nitrogens is 2. The third kappa shape index (κ3) is 10.0. The number of para-hydroxylation sites is 1. The predicted molar refractivity (Wildman–Crippen MR) is 333 cm³/mol. The molecule has 6 nitrogen and oxygen atoms in total. The van der Waals surface area contributed by atoms with Gasteiger partial charge in [-0.2, -0.15) is 17.4 Å². The van der Waals surface area contributed by atoms with Crippen molar-refractivity contribution in [2.45, 2.75) is 78.6 Å². The number of fused-ring (bicyclic) bond motifs is 4. The molecule has 0 fully saturated rings. The van der Waals surface area contributed by atoms with Crippen LogP contribution in [0.5, 0.6) is 11.5 Å². The van der Waals surface area contributed by atoms with Crippen molar-refractivity contribution in [2.75, 3.05) is 0 Å². The van der Waals surface area contributed by atoms with Crippen LogP contribution in [0, 0.1) is 23.5 Å². The normalized spacial score (nSPS) is 12.6. The summed E-state index contributed by atoms with van der Waals surface area (Å²) in [4.78, 5) is 4.88. The molecule has 11 aromatic rings. The van der Waals surface area contributed by atoms with Gasteiger partial charge in [-0.05, 0) is 106 Å². The third-order valence-electron chi connectivity index (χ3n) is 15.6. The Morgan fingerprint density at radius 1 is 0.531 bits per heavy atom. The minimum atomic E-state index is -2.87. The maximum atomic E-state index is 9.94. The zero-order valence-corrected chi connectivity index (χ0v) is 50.5. The molecule has 0 amide bonds. The predicted octanol–water partition coefficient (Wildman–Crippen LogP) is 15.2. The van der Waals surface area contributed by atoms with Gasteiger partial charge in [0.1, 0.15) is 11.5 Å². The van der Waals surface area contributed by atoms with Crippen LogP contribution in [-0.4, -0.2) is 23.6 Å². The van der Waals surface area contributed by atoms with Gasteiger partial charge >= 0.3 is 32.8 Å². The summed E-state index contributed by atoms with van der Waals surface area (Å²) in [5.41, 5.74) is 11.7. The second-order valence-electron chi connectivity index (χ2n) is 24.1. The van der Waals surface area contributed by atoms with Crippen molar-refractivity contribution in [2.24, 2.45) is 0 Å². The summed E-state index contributed by atoms with van der Waals surface area (Å²) >= 11 is 0. The number of benzene rings is 9. The van der Waals surface area contributed by atoms with E-state index < -0.39 is 8.07 Å². The number of pyridine rings is 1. The molecular weight excluding hydrogens is 1190 g/mol. The molecular formula is C73H63N5OPtSi+2. The van der Waals surface area contributed by atoms with Crippen molar-refractivity contribution in [3.63, 3.8) is 0 Å². The Labute approximate surface area is 491 Å². The van der Waals surface area contributed by atoms with Crippen LogP contribution >= 0.6 is 0 Å². The number of nitrogens with zero attached hydrogens (tertiary/aromatic N) is 5. The number of hydrogen-bond donors (Lipinski definition) is 0. The Morgan fingerprint density at radius 3 is 1.74 bits per heavy atom. The van der Waals surface area contributed by atoms with E-state index in [1.807, 2.05) is 42.6 Å². The molecule has 0 spiro atoms. The van der Waals surface area contributed by atoms with Gasteiger partial charge in [0.05, 0.1) is 17.2 Å². The van der Waals surface area contributed by atoms with Crippen LogP contribution in [0.15, 0.2) is 219 Å². The van der Waals surface area contributed by atoms with E-state index in [4.69, 9.17) is 9.72 Å². The van der Waals surface area contributed by atoms with Crippen molar-refractivity contribution in [1.29, 1.82) is 5.26 Å². The Kier molecular flexibility index (Phi) is 14.2. The summed E-state index contributed by atoms with van der Waals surface area (Å²) in [6.07, 6.45) is 1.87. The first kappa shape index (κ1) is 54.5. The maximum absolute atomic E-state index is 9.94. The van der Waals surface area contributed by atoms with E-state index >= 15 is 0 Å². The summed E-state index contributed by atoms with van der Waals surface area (Å²) in [5.74, 6) is 1.82. The van der Waals surface area contributed by atoms with Gasteiger partial charge in [0.25, 0.3) is 5.69 Å². The monoisotopic (exact) mass is 1250 g/mol. The van der Waals surface area contributed by atoms with Crippen molar-refractivity contribution < 1.29 is 25.8 Å². The first-order chi connectivity index (χ1) is 38.5. The van der Waals surface area contributed by atoms with E-state index in [0.717, 1.165) is 67.1 Å². The van der Waals surface area contributed by atoms with Gasteiger partial charge in [-0.3, -0.25) is 0 Å². The molecule has 0 atom stereocenters. The molecule has 3 heterocycles. The second kappa shape index (κ2) is 21.2. The average Bonchev–Trinajstić information content (AvgIpc) is 3.66. The van der Waals surface area contributed by atoms with Gasteiger partial charge in [-0.1, -0.05) is 212 Å². The standard InChI is InChI=1S/C73H63N5OSi.Pt/c1-71(2,3)52-38-39-75-69(45-52)78-66-37-34-50(48-74)40-65(66)64-36-35-58(47-68(64)78)79-57-24-20-23-55(46-57)76-49-77(56-43-53(72(4,5)6)42-54(44-56)73(7,8)9)70-63(32-21-33-67(70)76)51-22-19-31-62(41-51)80(59-25-13-10-14-26-59,60-27-15-11-16-28-60)61-29-17-12-18-30-61;/h10-45H,1-9H3;/q;+2. The average molecular weight is 1250 g/mol. The van der Waals surface area contributed by atoms with Gasteiger partial charge in [0, 0.05) is 41.4 Å². The van der Waals surface area contributed by atoms with E-state index in [9.17, 15) is 5.26 Å². The van der Waals surface area contributed by atoms with E-state index in [1.54, 1.807) is 0 Å². The van der Waals surface area contributed by atoms with Crippen molar-refractivity contribution in [1.82, 2.24) is 18.7 Å². The first-order valence-electron chi connectivity index (χ1n) is 27.5. The molecule has 0 N–H and O–H groups in total. The maximum Gasteiger partial charge on any atom is 2.00 e. The Morgan fingerprint density at radius 2 is 1.12 bits per heavy atom. The first-order valence-corrected chi connectivity index (χ1v) is 29.5. The van der Waals surface area contributed by atoms with E-state index in [0.29, 0.717) is 17.1 Å². The van der Waals surface area contributed by atoms with Crippen molar-refractivity contribution >= 4 is 79.4 Å². The third-order valence-corrected chi connectivity index (χ3v) is 20.4. The van der Waals surface area contributed by atoms with Crippen LogP contribution in [0.4, 0.5) is 22.7 Å². The Hall–Kier alpha value is -8.49. The fourth-order valence-corrected chi connectivity index (χ4v) is 16.2. The zero-order valence-electron chi connectivity index (χ0n) is 47.2. The minimum absolute atomic E-state index is 0. The number of nitriles is 1. The summed E-state index contributed by atoms with van der Waals surface area (Å²) in [5, 5.41) is 17.1. The topological polar surface area (TPSA) is 56.9 Å². The molecule has 0 aliphatic carbocycles.